The molecule has 2 aromatic rings. The molecule has 1 saturated heterocycles. The highest BCUT2D eigenvalue weighted by Gasteiger charge is 2.25. The number of hydrogen-bond acceptors (Lipinski definition) is 6. The third kappa shape index (κ3) is 4.24. The van der Waals surface area contributed by atoms with Crippen LogP contribution in [-0.4, -0.2) is 59.5 Å². The van der Waals surface area contributed by atoms with Gasteiger partial charge in [-0.1, -0.05) is 13.8 Å². The van der Waals surface area contributed by atoms with E-state index in [4.69, 9.17) is 0 Å². The molecule has 1 fully saturated rings. The van der Waals surface area contributed by atoms with E-state index in [2.05, 4.69) is 45.9 Å². The minimum absolute atomic E-state index is 0.000277. The van der Waals surface area contributed by atoms with Gasteiger partial charge in [-0.3, -0.25) is 4.79 Å². The maximum absolute atomic E-state index is 12.8. The fourth-order valence-electron chi connectivity index (χ4n) is 3.85. The Morgan fingerprint density at radius 1 is 1.33 bits per heavy atom. The molecule has 0 aromatic carbocycles. The predicted octanol–water partition coefficient (Wildman–Crippen LogP) is 3.45. The standard InChI is InChI=1S/C20H31N5OS/c1-5-24(6-2)12-10-21-19(26)17-15(4)16-18(22-13-23-20(16)27-17)25-11-8-7-9-14(25)3/h13-14H,5-12H2,1-4H3,(H,21,26). The van der Waals surface area contributed by atoms with Gasteiger partial charge >= 0.3 is 0 Å². The second-order valence-electron chi connectivity index (χ2n) is 7.25. The third-order valence-electron chi connectivity index (χ3n) is 5.60. The molecular formula is C20H31N5OS. The number of nitrogens with one attached hydrogen (secondary N) is 1. The van der Waals surface area contributed by atoms with Crippen LogP contribution in [0.15, 0.2) is 6.33 Å². The average Bonchev–Trinajstić information content (AvgIpc) is 3.03. The Kier molecular flexibility index (Phi) is 6.65. The quantitative estimate of drug-likeness (QED) is 0.786. The molecule has 0 saturated carbocycles. The summed E-state index contributed by atoms with van der Waals surface area (Å²) in [6.45, 7) is 13.1. The fraction of sp³-hybridized carbons (Fsp3) is 0.650. The van der Waals surface area contributed by atoms with Gasteiger partial charge in [0.05, 0.1) is 10.3 Å². The number of rotatable bonds is 7. The van der Waals surface area contributed by atoms with Gasteiger partial charge in [0.25, 0.3) is 5.91 Å². The van der Waals surface area contributed by atoms with Crippen molar-refractivity contribution in [3.8, 4) is 0 Å². The van der Waals surface area contributed by atoms with E-state index in [-0.39, 0.29) is 5.91 Å². The summed E-state index contributed by atoms with van der Waals surface area (Å²) in [7, 11) is 0. The van der Waals surface area contributed by atoms with Gasteiger partial charge in [-0.2, -0.15) is 0 Å². The Morgan fingerprint density at radius 3 is 2.81 bits per heavy atom. The minimum Gasteiger partial charge on any atom is -0.353 e. The molecule has 1 atom stereocenters. The van der Waals surface area contributed by atoms with E-state index in [1.807, 2.05) is 6.92 Å². The molecule has 1 amide bonds. The van der Waals surface area contributed by atoms with Crippen LogP contribution in [0.2, 0.25) is 0 Å². The number of amides is 1. The number of fused-ring (bicyclic) bond motifs is 1. The van der Waals surface area contributed by atoms with E-state index in [1.165, 1.54) is 30.6 Å². The molecule has 1 N–H and O–H groups in total. The summed E-state index contributed by atoms with van der Waals surface area (Å²) in [5, 5.41) is 4.12. The van der Waals surface area contributed by atoms with Crippen molar-refractivity contribution in [3.05, 3.63) is 16.8 Å². The summed E-state index contributed by atoms with van der Waals surface area (Å²) in [5.74, 6) is 0.989. The van der Waals surface area contributed by atoms with Gasteiger partial charge in [-0.05, 0) is 51.8 Å². The van der Waals surface area contributed by atoms with E-state index in [0.29, 0.717) is 12.6 Å². The third-order valence-corrected chi connectivity index (χ3v) is 6.79. The Bertz CT molecular complexity index is 786. The number of aryl methyl sites for hydroxylation is 1. The van der Waals surface area contributed by atoms with E-state index in [0.717, 1.165) is 52.7 Å². The Hall–Kier alpha value is -1.73. The zero-order chi connectivity index (χ0) is 19.4. The van der Waals surface area contributed by atoms with Crippen molar-refractivity contribution >= 4 is 33.3 Å². The topological polar surface area (TPSA) is 61.4 Å². The second-order valence-corrected chi connectivity index (χ2v) is 8.25. The van der Waals surface area contributed by atoms with Crippen LogP contribution in [0.5, 0.6) is 0 Å². The fourth-order valence-corrected chi connectivity index (χ4v) is 4.91. The van der Waals surface area contributed by atoms with Gasteiger partial charge in [0.15, 0.2) is 0 Å². The van der Waals surface area contributed by atoms with Crippen molar-refractivity contribution in [2.45, 2.75) is 53.0 Å². The van der Waals surface area contributed by atoms with Crippen molar-refractivity contribution in [1.29, 1.82) is 0 Å². The number of nitrogens with zero attached hydrogens (tertiary/aromatic N) is 4. The van der Waals surface area contributed by atoms with Crippen LogP contribution in [0.3, 0.4) is 0 Å². The van der Waals surface area contributed by atoms with Crippen LogP contribution in [0.4, 0.5) is 5.82 Å². The van der Waals surface area contributed by atoms with E-state index in [9.17, 15) is 4.79 Å². The molecular weight excluding hydrogens is 358 g/mol. The van der Waals surface area contributed by atoms with Crippen molar-refractivity contribution in [3.63, 3.8) is 0 Å². The molecule has 7 heteroatoms. The summed E-state index contributed by atoms with van der Waals surface area (Å²) in [6.07, 6.45) is 5.29. The molecule has 3 rings (SSSR count). The van der Waals surface area contributed by atoms with Crippen LogP contribution < -0.4 is 10.2 Å². The molecule has 1 aliphatic rings. The van der Waals surface area contributed by atoms with Crippen LogP contribution in [0.25, 0.3) is 10.2 Å². The van der Waals surface area contributed by atoms with Crippen molar-refractivity contribution in [2.24, 2.45) is 0 Å². The molecule has 0 spiro atoms. The summed E-state index contributed by atoms with van der Waals surface area (Å²) in [4.78, 5) is 28.2. The molecule has 1 aliphatic heterocycles. The minimum atomic E-state index is 0.000277. The molecule has 0 bridgehead atoms. The highest BCUT2D eigenvalue weighted by Crippen LogP contribution is 2.36. The lowest BCUT2D eigenvalue weighted by molar-refractivity contribution is 0.0952. The zero-order valence-electron chi connectivity index (χ0n) is 16.9. The summed E-state index contributed by atoms with van der Waals surface area (Å²) >= 11 is 1.48. The second kappa shape index (κ2) is 8.97. The van der Waals surface area contributed by atoms with Gasteiger partial charge in [-0.25, -0.2) is 9.97 Å². The number of piperidine rings is 1. The Morgan fingerprint density at radius 2 is 2.11 bits per heavy atom. The number of carbonyl (C=O) groups is 1. The maximum Gasteiger partial charge on any atom is 0.261 e. The van der Waals surface area contributed by atoms with Gasteiger partial charge in [-0.15, -0.1) is 11.3 Å². The van der Waals surface area contributed by atoms with Crippen LogP contribution in [0.1, 0.15) is 55.3 Å². The number of carbonyl (C=O) groups excluding carboxylic acids is 1. The van der Waals surface area contributed by atoms with Gasteiger partial charge < -0.3 is 15.1 Å². The van der Waals surface area contributed by atoms with Crippen LogP contribution in [-0.2, 0) is 0 Å². The lowest BCUT2D eigenvalue weighted by Crippen LogP contribution is -2.38. The molecule has 27 heavy (non-hydrogen) atoms. The zero-order valence-corrected chi connectivity index (χ0v) is 17.7. The SMILES string of the molecule is CCN(CC)CCNC(=O)c1sc2ncnc(N3CCCCC3C)c2c1C. The van der Waals surface area contributed by atoms with E-state index < -0.39 is 0 Å². The smallest absolute Gasteiger partial charge is 0.261 e. The first-order valence-electron chi connectivity index (χ1n) is 10.1. The predicted molar refractivity (Wildman–Crippen MR) is 113 cm³/mol. The Balaban J connectivity index is 1.82. The maximum atomic E-state index is 12.8. The van der Waals surface area contributed by atoms with Crippen molar-refractivity contribution < 1.29 is 4.79 Å². The normalized spacial score (nSPS) is 17.7. The molecule has 1 unspecified atom stereocenters. The lowest BCUT2D eigenvalue weighted by atomic mass is 10.0. The molecule has 6 nitrogen and oxygen atoms in total. The van der Waals surface area contributed by atoms with Gasteiger partial charge in [0, 0.05) is 25.7 Å². The number of thiophene rings is 1. The molecule has 0 radical (unpaired) electrons. The number of likely N-dealkylation sites (N-methyl/N-ethyl adjacent to an activating group) is 1. The molecule has 2 aromatic heterocycles. The van der Waals surface area contributed by atoms with Crippen LogP contribution in [0, 0.1) is 6.92 Å². The monoisotopic (exact) mass is 389 g/mol. The number of aromatic nitrogens is 2. The molecule has 3 heterocycles. The first-order chi connectivity index (χ1) is 13.1. The largest absolute Gasteiger partial charge is 0.353 e. The first-order valence-corrected chi connectivity index (χ1v) is 10.9. The summed E-state index contributed by atoms with van der Waals surface area (Å²) in [6, 6.07) is 0.475. The summed E-state index contributed by atoms with van der Waals surface area (Å²) in [5.41, 5.74) is 1.00. The van der Waals surface area contributed by atoms with Crippen molar-refractivity contribution in [2.75, 3.05) is 37.6 Å². The highest BCUT2D eigenvalue weighted by molar-refractivity contribution is 7.20. The Labute approximate surface area is 166 Å². The average molecular weight is 390 g/mol. The van der Waals surface area contributed by atoms with E-state index >= 15 is 0 Å². The number of hydrogen-bond donors (Lipinski definition) is 1. The van der Waals surface area contributed by atoms with E-state index in [1.54, 1.807) is 6.33 Å². The van der Waals surface area contributed by atoms with Gasteiger partial charge in [0.1, 0.15) is 17.0 Å². The summed E-state index contributed by atoms with van der Waals surface area (Å²) < 4.78 is 0. The first kappa shape index (κ1) is 20.0. The number of anilines is 1. The molecule has 148 valence electrons. The van der Waals surface area contributed by atoms with Gasteiger partial charge in [0.2, 0.25) is 0 Å². The highest BCUT2D eigenvalue weighted by atomic mass is 32.1. The molecule has 0 aliphatic carbocycles. The lowest BCUT2D eigenvalue weighted by Gasteiger charge is -2.34. The van der Waals surface area contributed by atoms with Crippen LogP contribution >= 0.6 is 11.3 Å². The van der Waals surface area contributed by atoms with Crippen molar-refractivity contribution in [1.82, 2.24) is 20.2 Å².